The highest BCUT2D eigenvalue weighted by Gasteiger charge is 2.15. The molecule has 0 bridgehead atoms. The van der Waals surface area contributed by atoms with Gasteiger partial charge in [-0.1, -0.05) is 30.3 Å². The highest BCUT2D eigenvalue weighted by Crippen LogP contribution is 2.03. The van der Waals surface area contributed by atoms with Gasteiger partial charge in [-0.25, -0.2) is 4.79 Å². The van der Waals surface area contributed by atoms with Crippen LogP contribution in [-0.4, -0.2) is 30.9 Å². The summed E-state index contributed by atoms with van der Waals surface area (Å²) in [6.45, 7) is 0.519. The van der Waals surface area contributed by atoms with Gasteiger partial charge in [-0.2, -0.15) is 0 Å². The zero-order valence-corrected chi connectivity index (χ0v) is 9.26. The average Bonchev–Trinajstić information content (AvgIpc) is 2.34. The van der Waals surface area contributed by atoms with Crippen molar-refractivity contribution in [1.82, 2.24) is 0 Å². The number of aliphatic hydroxyl groups is 1. The van der Waals surface area contributed by atoms with Gasteiger partial charge in [-0.3, -0.25) is 0 Å². The smallest absolute Gasteiger partial charge is 0.335 e. The molecule has 1 aromatic rings. The number of carbonyl (C=O) groups is 1. The number of benzene rings is 1. The molecule has 4 nitrogen and oxygen atoms in total. The lowest BCUT2D eigenvalue weighted by Gasteiger charge is -2.09. The summed E-state index contributed by atoms with van der Waals surface area (Å²) in [5, 5.41) is 9.37. The van der Waals surface area contributed by atoms with Gasteiger partial charge < -0.3 is 14.6 Å². The summed E-state index contributed by atoms with van der Waals surface area (Å²) in [5.41, 5.74) is 0.898. The number of ether oxygens (including phenoxy) is 2. The lowest BCUT2D eigenvalue weighted by atomic mass is 10.2. The van der Waals surface area contributed by atoms with Crippen molar-refractivity contribution in [2.45, 2.75) is 19.1 Å². The van der Waals surface area contributed by atoms with Crippen LogP contribution in [0, 0.1) is 0 Å². The van der Waals surface area contributed by atoms with Crippen molar-refractivity contribution in [2.75, 3.05) is 13.7 Å². The SMILES string of the molecule is COCC[C@H](O)C(=O)OCc1ccccc1. The molecule has 0 spiro atoms. The van der Waals surface area contributed by atoms with Crippen LogP contribution in [0.15, 0.2) is 30.3 Å². The molecule has 0 heterocycles. The van der Waals surface area contributed by atoms with Crippen LogP contribution in [0.4, 0.5) is 0 Å². The third-order valence-corrected chi connectivity index (χ3v) is 2.09. The molecule has 4 heteroatoms. The van der Waals surface area contributed by atoms with E-state index in [2.05, 4.69) is 0 Å². The van der Waals surface area contributed by atoms with Gasteiger partial charge >= 0.3 is 5.97 Å². The Morgan fingerprint density at radius 3 is 2.69 bits per heavy atom. The highest BCUT2D eigenvalue weighted by atomic mass is 16.5. The molecule has 16 heavy (non-hydrogen) atoms. The Hall–Kier alpha value is -1.39. The molecule has 1 N–H and O–H groups in total. The van der Waals surface area contributed by atoms with Crippen molar-refractivity contribution >= 4 is 5.97 Å². The molecule has 0 aliphatic heterocycles. The number of aliphatic hydroxyl groups excluding tert-OH is 1. The van der Waals surface area contributed by atoms with Gasteiger partial charge in [0.05, 0.1) is 0 Å². The van der Waals surface area contributed by atoms with Gasteiger partial charge in [0.25, 0.3) is 0 Å². The number of rotatable bonds is 6. The van der Waals surface area contributed by atoms with Gasteiger partial charge in [0.1, 0.15) is 6.61 Å². The monoisotopic (exact) mass is 224 g/mol. The van der Waals surface area contributed by atoms with Crippen LogP contribution in [0.5, 0.6) is 0 Å². The summed E-state index contributed by atoms with van der Waals surface area (Å²) >= 11 is 0. The molecule has 0 saturated heterocycles. The van der Waals surface area contributed by atoms with Gasteiger partial charge in [-0.05, 0) is 5.56 Å². The maximum Gasteiger partial charge on any atom is 0.335 e. The number of esters is 1. The molecule has 0 aliphatic rings. The summed E-state index contributed by atoms with van der Waals surface area (Å²) in [6.07, 6.45) is -0.854. The first-order valence-corrected chi connectivity index (χ1v) is 5.11. The summed E-state index contributed by atoms with van der Waals surface area (Å²) in [6, 6.07) is 9.33. The third-order valence-electron chi connectivity index (χ3n) is 2.09. The molecule has 0 saturated carbocycles. The minimum atomic E-state index is -1.11. The number of hydrogen-bond acceptors (Lipinski definition) is 4. The zero-order valence-electron chi connectivity index (χ0n) is 9.26. The van der Waals surface area contributed by atoms with Crippen molar-refractivity contribution in [3.8, 4) is 0 Å². The number of carbonyl (C=O) groups excluding carboxylic acids is 1. The van der Waals surface area contributed by atoms with E-state index in [0.29, 0.717) is 6.61 Å². The van der Waals surface area contributed by atoms with Crippen molar-refractivity contribution in [3.63, 3.8) is 0 Å². The van der Waals surface area contributed by atoms with Crippen molar-refractivity contribution in [3.05, 3.63) is 35.9 Å². The summed E-state index contributed by atoms with van der Waals surface area (Å²) in [5.74, 6) is -0.610. The average molecular weight is 224 g/mol. The molecule has 0 fully saturated rings. The molecule has 1 atom stereocenters. The van der Waals surface area contributed by atoms with Crippen LogP contribution < -0.4 is 0 Å². The standard InChI is InChI=1S/C12H16O4/c1-15-8-7-11(13)12(14)16-9-10-5-3-2-4-6-10/h2-6,11,13H,7-9H2,1H3/t11-/m0/s1. The quantitative estimate of drug-likeness (QED) is 0.736. The van der Waals surface area contributed by atoms with Gasteiger partial charge in [0.15, 0.2) is 6.10 Å². The summed E-state index contributed by atoms with van der Waals surface area (Å²) < 4.78 is 9.70. The van der Waals surface area contributed by atoms with Gasteiger partial charge in [0, 0.05) is 20.1 Å². The van der Waals surface area contributed by atoms with Crippen LogP contribution in [0.25, 0.3) is 0 Å². The van der Waals surface area contributed by atoms with E-state index in [0.717, 1.165) is 5.56 Å². The lowest BCUT2D eigenvalue weighted by molar-refractivity contribution is -0.155. The van der Waals surface area contributed by atoms with E-state index >= 15 is 0 Å². The van der Waals surface area contributed by atoms with Gasteiger partial charge in [-0.15, -0.1) is 0 Å². The maximum atomic E-state index is 11.3. The van der Waals surface area contributed by atoms with Crippen LogP contribution in [0.3, 0.4) is 0 Å². The fraction of sp³-hybridized carbons (Fsp3) is 0.417. The Labute approximate surface area is 94.8 Å². The molecule has 1 rings (SSSR count). The number of methoxy groups -OCH3 is 1. The molecular formula is C12H16O4. The predicted molar refractivity (Wildman–Crippen MR) is 58.7 cm³/mol. The Kier molecular flexibility index (Phi) is 5.53. The highest BCUT2D eigenvalue weighted by molar-refractivity contribution is 5.74. The second-order valence-electron chi connectivity index (χ2n) is 3.39. The van der Waals surface area contributed by atoms with E-state index in [1.165, 1.54) is 7.11 Å². The Bertz CT molecular complexity index is 310. The van der Waals surface area contributed by atoms with Crippen LogP contribution in [0.1, 0.15) is 12.0 Å². The summed E-state index contributed by atoms with van der Waals surface area (Å²) in [4.78, 5) is 11.3. The lowest BCUT2D eigenvalue weighted by Crippen LogP contribution is -2.24. The summed E-state index contributed by atoms with van der Waals surface area (Å²) in [7, 11) is 1.52. The molecule has 0 unspecified atom stereocenters. The topological polar surface area (TPSA) is 55.8 Å². The maximum absolute atomic E-state index is 11.3. The minimum Gasteiger partial charge on any atom is -0.459 e. The number of hydrogen-bond donors (Lipinski definition) is 1. The first-order valence-electron chi connectivity index (χ1n) is 5.11. The van der Waals surface area contributed by atoms with Crippen LogP contribution in [0.2, 0.25) is 0 Å². The fourth-order valence-electron chi connectivity index (χ4n) is 1.17. The van der Waals surface area contributed by atoms with Crippen LogP contribution >= 0.6 is 0 Å². The Balaban J connectivity index is 2.29. The van der Waals surface area contributed by atoms with Crippen molar-refractivity contribution in [2.24, 2.45) is 0 Å². The first-order chi connectivity index (χ1) is 7.74. The Morgan fingerprint density at radius 1 is 1.38 bits per heavy atom. The molecule has 0 amide bonds. The molecule has 0 radical (unpaired) electrons. The van der Waals surface area contributed by atoms with E-state index in [1.54, 1.807) is 0 Å². The van der Waals surface area contributed by atoms with E-state index in [-0.39, 0.29) is 13.0 Å². The second kappa shape index (κ2) is 6.98. The van der Waals surface area contributed by atoms with Crippen molar-refractivity contribution < 1.29 is 19.4 Å². The largest absolute Gasteiger partial charge is 0.459 e. The second-order valence-corrected chi connectivity index (χ2v) is 3.39. The minimum absolute atomic E-state index is 0.184. The third kappa shape index (κ3) is 4.42. The van der Waals surface area contributed by atoms with Gasteiger partial charge in [0.2, 0.25) is 0 Å². The molecular weight excluding hydrogens is 208 g/mol. The fourth-order valence-corrected chi connectivity index (χ4v) is 1.17. The van der Waals surface area contributed by atoms with E-state index < -0.39 is 12.1 Å². The normalized spacial score (nSPS) is 12.1. The van der Waals surface area contributed by atoms with Crippen LogP contribution in [-0.2, 0) is 20.9 Å². The van der Waals surface area contributed by atoms with Crippen molar-refractivity contribution in [1.29, 1.82) is 0 Å². The molecule has 1 aromatic carbocycles. The molecule has 0 aromatic heterocycles. The van der Waals surface area contributed by atoms with E-state index in [9.17, 15) is 9.90 Å². The Morgan fingerprint density at radius 2 is 2.06 bits per heavy atom. The molecule has 88 valence electrons. The van der Waals surface area contributed by atoms with E-state index in [1.807, 2.05) is 30.3 Å². The predicted octanol–water partition coefficient (Wildman–Crippen LogP) is 1.13. The molecule has 0 aliphatic carbocycles. The van der Waals surface area contributed by atoms with E-state index in [4.69, 9.17) is 9.47 Å². The zero-order chi connectivity index (χ0) is 11.8. The first kappa shape index (κ1) is 12.7.